The summed E-state index contributed by atoms with van der Waals surface area (Å²) in [6.07, 6.45) is 1.67. The maximum absolute atomic E-state index is 13.2. The molecule has 7 heteroatoms. The molecule has 2 aliphatic rings. The summed E-state index contributed by atoms with van der Waals surface area (Å²) >= 11 is 0. The van der Waals surface area contributed by atoms with Gasteiger partial charge in [-0.15, -0.1) is 0 Å². The lowest BCUT2D eigenvalue weighted by atomic mass is 9.75. The first-order chi connectivity index (χ1) is 15.5. The van der Waals surface area contributed by atoms with Crippen molar-refractivity contribution in [1.29, 1.82) is 10.5 Å². The van der Waals surface area contributed by atoms with Crippen LogP contribution >= 0.6 is 0 Å². The summed E-state index contributed by atoms with van der Waals surface area (Å²) in [5, 5.41) is 19.8. The van der Waals surface area contributed by atoms with E-state index in [2.05, 4.69) is 12.1 Å². The molecule has 4 rings (SSSR count). The average Bonchev–Trinajstić information content (AvgIpc) is 2.83. The third-order valence-electron chi connectivity index (χ3n) is 5.93. The van der Waals surface area contributed by atoms with Crippen LogP contribution in [0, 0.1) is 22.7 Å². The molecule has 1 aliphatic carbocycles. The summed E-state index contributed by atoms with van der Waals surface area (Å²) in [5.74, 6) is 0.631. The number of rotatable bonds is 4. The summed E-state index contributed by atoms with van der Waals surface area (Å²) in [4.78, 5) is 15.0. The molecule has 0 aromatic heterocycles. The molecular formula is C25H22N4O3. The highest BCUT2D eigenvalue weighted by atomic mass is 16.5. The van der Waals surface area contributed by atoms with Gasteiger partial charge in [-0.25, -0.2) is 0 Å². The van der Waals surface area contributed by atoms with Crippen molar-refractivity contribution in [2.75, 3.05) is 19.1 Å². The van der Waals surface area contributed by atoms with Gasteiger partial charge in [0.25, 0.3) is 0 Å². The monoisotopic (exact) mass is 426 g/mol. The number of hydrogen-bond donors (Lipinski definition) is 1. The third-order valence-corrected chi connectivity index (χ3v) is 5.93. The topological polar surface area (TPSA) is 112 Å². The smallest absolute Gasteiger partial charge is 0.161 e. The van der Waals surface area contributed by atoms with E-state index in [1.165, 1.54) is 7.11 Å². The van der Waals surface area contributed by atoms with Gasteiger partial charge < -0.3 is 15.2 Å². The van der Waals surface area contributed by atoms with Crippen molar-refractivity contribution in [3.8, 4) is 23.6 Å². The van der Waals surface area contributed by atoms with Gasteiger partial charge in [0.2, 0.25) is 0 Å². The molecule has 32 heavy (non-hydrogen) atoms. The van der Waals surface area contributed by atoms with Crippen LogP contribution in [0.4, 0.5) is 5.69 Å². The minimum atomic E-state index is -0.658. The van der Waals surface area contributed by atoms with E-state index in [9.17, 15) is 15.3 Å². The van der Waals surface area contributed by atoms with Gasteiger partial charge in [0, 0.05) is 29.3 Å². The van der Waals surface area contributed by atoms with Crippen LogP contribution in [0.2, 0.25) is 0 Å². The van der Waals surface area contributed by atoms with Gasteiger partial charge in [-0.2, -0.15) is 10.5 Å². The van der Waals surface area contributed by atoms with Gasteiger partial charge in [-0.05, 0) is 31.0 Å². The van der Waals surface area contributed by atoms with Crippen LogP contribution in [0.3, 0.4) is 0 Å². The SMILES string of the molecule is COc1ccc([C@@H]2C(C#N)=C(N)N(c3ccccc3C#N)C3=C2C(=O)CCC3)c(OC)c1. The number of ketones is 1. The molecule has 0 saturated heterocycles. The van der Waals surface area contributed by atoms with E-state index < -0.39 is 5.92 Å². The lowest BCUT2D eigenvalue weighted by Gasteiger charge is -2.40. The van der Waals surface area contributed by atoms with Crippen molar-refractivity contribution in [2.24, 2.45) is 5.73 Å². The molecule has 2 aromatic carbocycles. The fraction of sp³-hybridized carbons (Fsp3) is 0.240. The quantitative estimate of drug-likeness (QED) is 0.789. The van der Waals surface area contributed by atoms with E-state index >= 15 is 0 Å². The Kier molecular flexibility index (Phi) is 5.57. The lowest BCUT2D eigenvalue weighted by molar-refractivity contribution is -0.116. The predicted octanol–water partition coefficient (Wildman–Crippen LogP) is 3.88. The largest absolute Gasteiger partial charge is 0.497 e. The van der Waals surface area contributed by atoms with Gasteiger partial charge in [0.1, 0.15) is 23.4 Å². The van der Waals surface area contributed by atoms with E-state index in [0.717, 1.165) is 5.70 Å². The Morgan fingerprint density at radius 1 is 1.06 bits per heavy atom. The van der Waals surface area contributed by atoms with Crippen molar-refractivity contribution in [3.63, 3.8) is 0 Å². The first-order valence-electron chi connectivity index (χ1n) is 10.2. The molecule has 0 amide bonds. The normalized spacial score (nSPS) is 18.1. The summed E-state index contributed by atoms with van der Waals surface area (Å²) in [7, 11) is 3.09. The maximum Gasteiger partial charge on any atom is 0.161 e. The Balaban J connectivity index is 2.01. The minimum Gasteiger partial charge on any atom is -0.497 e. The second kappa shape index (κ2) is 8.49. The van der Waals surface area contributed by atoms with Gasteiger partial charge in [-0.3, -0.25) is 9.69 Å². The number of benzene rings is 2. The molecule has 7 nitrogen and oxygen atoms in total. The number of nitriles is 2. The zero-order valence-corrected chi connectivity index (χ0v) is 17.9. The summed E-state index contributed by atoms with van der Waals surface area (Å²) in [5.41, 5.74) is 9.72. The van der Waals surface area contributed by atoms with Crippen LogP contribution in [0.5, 0.6) is 11.5 Å². The Bertz CT molecular complexity index is 1250. The number of allylic oxidation sites excluding steroid dienone is 3. The van der Waals surface area contributed by atoms with Crippen molar-refractivity contribution >= 4 is 11.5 Å². The van der Waals surface area contributed by atoms with Gasteiger partial charge in [-0.1, -0.05) is 18.2 Å². The fourth-order valence-electron chi connectivity index (χ4n) is 4.49. The Morgan fingerprint density at radius 3 is 2.53 bits per heavy atom. The van der Waals surface area contributed by atoms with Crippen LogP contribution in [-0.4, -0.2) is 20.0 Å². The Labute approximate surface area is 186 Å². The predicted molar refractivity (Wildman–Crippen MR) is 119 cm³/mol. The van der Waals surface area contributed by atoms with E-state index in [4.69, 9.17) is 15.2 Å². The first kappa shape index (κ1) is 21.0. The van der Waals surface area contributed by atoms with Gasteiger partial charge >= 0.3 is 0 Å². The standard InChI is InChI=1S/C25H22N4O3/c1-31-16-10-11-17(22(12-16)32-2)23-18(14-27)25(28)29(19-7-4-3-6-15(19)13-26)20-8-5-9-21(30)24(20)23/h3-4,6-7,10-12,23H,5,8-9,28H2,1-2H3/t23-/m1/s1. The van der Waals surface area contributed by atoms with E-state index in [-0.39, 0.29) is 17.2 Å². The molecule has 0 unspecified atom stereocenters. The first-order valence-corrected chi connectivity index (χ1v) is 10.2. The van der Waals surface area contributed by atoms with Crippen LogP contribution in [0.25, 0.3) is 0 Å². The Hall–Kier alpha value is -4.23. The van der Waals surface area contributed by atoms with Gasteiger partial charge in [0.15, 0.2) is 5.78 Å². The molecular weight excluding hydrogens is 404 g/mol. The third kappa shape index (κ3) is 3.25. The molecule has 0 radical (unpaired) electrons. The van der Waals surface area contributed by atoms with E-state index in [1.807, 2.05) is 0 Å². The molecule has 160 valence electrons. The molecule has 0 fully saturated rings. The lowest BCUT2D eigenvalue weighted by Crippen LogP contribution is -2.39. The van der Waals surface area contributed by atoms with Crippen molar-refractivity contribution in [3.05, 3.63) is 76.3 Å². The summed E-state index contributed by atoms with van der Waals surface area (Å²) in [6, 6.07) is 16.8. The summed E-state index contributed by atoms with van der Waals surface area (Å²) < 4.78 is 10.9. The number of methoxy groups -OCH3 is 2. The zero-order chi connectivity index (χ0) is 22.8. The van der Waals surface area contributed by atoms with Crippen molar-refractivity contribution in [1.82, 2.24) is 0 Å². The number of nitrogens with zero attached hydrogens (tertiary/aromatic N) is 3. The molecule has 0 spiro atoms. The fourth-order valence-corrected chi connectivity index (χ4v) is 4.49. The number of para-hydroxylation sites is 1. The van der Waals surface area contributed by atoms with Crippen LogP contribution in [-0.2, 0) is 4.79 Å². The molecule has 1 atom stereocenters. The number of anilines is 1. The number of carbonyl (C=O) groups excluding carboxylic acids is 1. The number of nitrogens with two attached hydrogens (primary N) is 1. The average molecular weight is 426 g/mol. The maximum atomic E-state index is 13.2. The van der Waals surface area contributed by atoms with E-state index in [1.54, 1.807) is 54.5 Å². The highest BCUT2D eigenvalue weighted by Crippen LogP contribution is 2.49. The molecule has 0 saturated carbocycles. The Morgan fingerprint density at radius 2 is 1.84 bits per heavy atom. The highest BCUT2D eigenvalue weighted by Gasteiger charge is 2.41. The number of hydrogen-bond acceptors (Lipinski definition) is 7. The number of Topliss-reactive ketones (excluding diaryl/α,β-unsaturated/α-hetero) is 1. The zero-order valence-electron chi connectivity index (χ0n) is 17.9. The van der Waals surface area contributed by atoms with Crippen molar-refractivity contribution < 1.29 is 14.3 Å². The van der Waals surface area contributed by atoms with Crippen molar-refractivity contribution in [2.45, 2.75) is 25.2 Å². The van der Waals surface area contributed by atoms with Gasteiger partial charge in [0.05, 0.1) is 43.0 Å². The highest BCUT2D eigenvalue weighted by molar-refractivity contribution is 6.01. The number of ether oxygens (including phenoxy) is 2. The van der Waals surface area contributed by atoms with Crippen LogP contribution < -0.4 is 20.1 Å². The second-order valence-corrected chi connectivity index (χ2v) is 7.55. The molecule has 0 bridgehead atoms. The van der Waals surface area contributed by atoms with Crippen LogP contribution in [0.15, 0.2) is 65.1 Å². The summed E-state index contributed by atoms with van der Waals surface area (Å²) in [6.45, 7) is 0. The molecule has 2 aromatic rings. The second-order valence-electron chi connectivity index (χ2n) is 7.55. The molecule has 2 N–H and O–H groups in total. The number of carbonyl (C=O) groups is 1. The van der Waals surface area contributed by atoms with E-state index in [0.29, 0.717) is 53.1 Å². The molecule has 1 heterocycles. The van der Waals surface area contributed by atoms with Crippen LogP contribution in [0.1, 0.15) is 36.3 Å². The molecule has 1 aliphatic heterocycles. The minimum absolute atomic E-state index is 0.0335.